The van der Waals surface area contributed by atoms with Crippen LogP contribution in [0.1, 0.15) is 43.2 Å². The molecule has 0 unspecified atom stereocenters. The van der Waals surface area contributed by atoms with Gasteiger partial charge in [0.25, 0.3) is 0 Å². The summed E-state index contributed by atoms with van der Waals surface area (Å²) in [5.41, 5.74) is 7.51. The first-order chi connectivity index (χ1) is 15.0. The molecule has 1 amide bonds. The minimum atomic E-state index is -0.744. The predicted molar refractivity (Wildman–Crippen MR) is 114 cm³/mol. The Bertz CT molecular complexity index is 1130. The maximum absolute atomic E-state index is 14.7. The van der Waals surface area contributed by atoms with Gasteiger partial charge in [-0.1, -0.05) is 25.3 Å². The van der Waals surface area contributed by atoms with Crippen LogP contribution in [-0.2, 0) is 11.2 Å². The Hall–Kier alpha value is -3.44. The molecule has 1 aromatic carbocycles. The van der Waals surface area contributed by atoms with E-state index >= 15 is 0 Å². The molecule has 1 aliphatic rings. The number of carbonyl (C=O) groups excluding carboxylic acids is 1. The largest absolute Gasteiger partial charge is 0.453 e. The van der Waals surface area contributed by atoms with Crippen molar-refractivity contribution in [2.24, 2.45) is 5.73 Å². The number of carbonyl (C=O) groups is 1. The number of nitrogens with two attached hydrogens (primary N) is 1. The number of pyridine rings is 1. The minimum absolute atomic E-state index is 0.0153. The third kappa shape index (κ3) is 4.67. The number of rotatable bonds is 6. The maximum atomic E-state index is 14.7. The average molecular weight is 421 g/mol. The number of fused-ring (bicyclic) bond motifs is 1. The van der Waals surface area contributed by atoms with Crippen molar-refractivity contribution in [3.63, 3.8) is 0 Å². The van der Waals surface area contributed by atoms with E-state index in [2.05, 4.69) is 21.4 Å². The van der Waals surface area contributed by atoms with Gasteiger partial charge in [0.2, 0.25) is 5.91 Å². The van der Waals surface area contributed by atoms with Gasteiger partial charge in [0.1, 0.15) is 17.5 Å². The van der Waals surface area contributed by atoms with Crippen LogP contribution < -0.4 is 15.8 Å². The molecule has 7 nitrogen and oxygen atoms in total. The zero-order valence-corrected chi connectivity index (χ0v) is 17.0. The molecule has 0 saturated heterocycles. The SMILES string of the molecule is N#Cc1c[nH]c2nccc(Oc3ccc(C[C@H](N)C(=O)NC4CCCCC4)cc3F)c12. The molecule has 160 valence electrons. The number of aromatic nitrogens is 2. The summed E-state index contributed by atoms with van der Waals surface area (Å²) in [6, 6.07) is 7.60. The number of benzene rings is 1. The number of nitrogens with one attached hydrogen (secondary N) is 2. The Kier molecular flexibility index (Phi) is 6.14. The highest BCUT2D eigenvalue weighted by Crippen LogP contribution is 2.32. The van der Waals surface area contributed by atoms with E-state index in [9.17, 15) is 14.4 Å². The topological polar surface area (TPSA) is 117 Å². The third-order valence-electron chi connectivity index (χ3n) is 5.62. The molecule has 2 heterocycles. The summed E-state index contributed by atoms with van der Waals surface area (Å²) >= 11 is 0. The zero-order chi connectivity index (χ0) is 21.8. The fraction of sp³-hybridized carbons (Fsp3) is 0.348. The highest BCUT2D eigenvalue weighted by atomic mass is 19.1. The molecule has 1 fully saturated rings. The number of halogens is 1. The van der Waals surface area contributed by atoms with Gasteiger partial charge in [-0.2, -0.15) is 5.26 Å². The van der Waals surface area contributed by atoms with Crippen LogP contribution in [0.15, 0.2) is 36.7 Å². The van der Waals surface area contributed by atoms with Gasteiger partial charge in [-0.25, -0.2) is 9.37 Å². The number of nitrogens with zero attached hydrogens (tertiary/aromatic N) is 2. The summed E-state index contributed by atoms with van der Waals surface area (Å²) in [5, 5.41) is 12.8. The lowest BCUT2D eigenvalue weighted by Gasteiger charge is -2.24. The van der Waals surface area contributed by atoms with Gasteiger partial charge in [-0.3, -0.25) is 4.79 Å². The molecule has 4 N–H and O–H groups in total. The van der Waals surface area contributed by atoms with Gasteiger partial charge in [0.15, 0.2) is 11.6 Å². The van der Waals surface area contributed by atoms with E-state index in [1.54, 1.807) is 12.1 Å². The maximum Gasteiger partial charge on any atom is 0.237 e. The molecule has 0 bridgehead atoms. The molecule has 4 rings (SSSR count). The second-order valence-corrected chi connectivity index (χ2v) is 7.87. The molecule has 3 aromatic rings. The molecule has 8 heteroatoms. The summed E-state index contributed by atoms with van der Waals surface area (Å²) in [4.78, 5) is 19.4. The van der Waals surface area contributed by atoms with Crippen molar-refractivity contribution in [3.8, 4) is 17.6 Å². The summed E-state index contributed by atoms with van der Waals surface area (Å²) < 4.78 is 20.4. The Morgan fingerprint density at radius 1 is 1.32 bits per heavy atom. The number of H-pyrrole nitrogens is 1. The molecule has 1 aliphatic carbocycles. The number of hydrogen-bond donors (Lipinski definition) is 3. The Morgan fingerprint density at radius 2 is 2.13 bits per heavy atom. The quantitative estimate of drug-likeness (QED) is 0.561. The fourth-order valence-electron chi connectivity index (χ4n) is 3.97. The molecule has 1 saturated carbocycles. The second-order valence-electron chi connectivity index (χ2n) is 7.87. The zero-order valence-electron chi connectivity index (χ0n) is 17.0. The van der Waals surface area contributed by atoms with Gasteiger partial charge >= 0.3 is 0 Å². The lowest BCUT2D eigenvalue weighted by molar-refractivity contribution is -0.123. The normalized spacial score (nSPS) is 15.4. The Balaban J connectivity index is 1.44. The lowest BCUT2D eigenvalue weighted by Crippen LogP contribution is -2.46. The second kappa shape index (κ2) is 9.14. The van der Waals surface area contributed by atoms with Crippen molar-refractivity contribution in [2.45, 2.75) is 50.6 Å². The first-order valence-corrected chi connectivity index (χ1v) is 10.4. The molecule has 2 aromatic heterocycles. The van der Waals surface area contributed by atoms with E-state index in [4.69, 9.17) is 10.5 Å². The number of amides is 1. The summed E-state index contributed by atoms with van der Waals surface area (Å²) in [7, 11) is 0. The van der Waals surface area contributed by atoms with Crippen molar-refractivity contribution in [2.75, 3.05) is 0 Å². The molecule has 31 heavy (non-hydrogen) atoms. The van der Waals surface area contributed by atoms with Crippen molar-refractivity contribution in [1.82, 2.24) is 15.3 Å². The van der Waals surface area contributed by atoms with Crippen LogP contribution in [0.4, 0.5) is 4.39 Å². The van der Waals surface area contributed by atoms with Gasteiger partial charge in [-0.05, 0) is 43.0 Å². The van der Waals surface area contributed by atoms with Crippen LogP contribution in [0.5, 0.6) is 11.5 Å². The number of ether oxygens (including phenoxy) is 1. The Labute approximate surface area is 179 Å². The molecule has 0 radical (unpaired) electrons. The molecule has 0 aliphatic heterocycles. The minimum Gasteiger partial charge on any atom is -0.453 e. The first-order valence-electron chi connectivity index (χ1n) is 10.4. The van der Waals surface area contributed by atoms with Crippen LogP contribution >= 0.6 is 0 Å². The van der Waals surface area contributed by atoms with Crippen molar-refractivity contribution < 1.29 is 13.9 Å². The molecule has 0 spiro atoms. The van der Waals surface area contributed by atoms with Crippen LogP contribution in [-0.4, -0.2) is 28.0 Å². The van der Waals surface area contributed by atoms with Crippen LogP contribution in [0, 0.1) is 17.1 Å². The van der Waals surface area contributed by atoms with E-state index < -0.39 is 11.9 Å². The standard InChI is InChI=1S/C23H24FN5O2/c24-17-10-14(11-18(26)23(30)29-16-4-2-1-3-5-16)6-7-19(17)31-20-8-9-27-22-21(20)15(12-25)13-28-22/h6-10,13,16,18H,1-5,11,26H2,(H,27,28)(H,29,30)/t18-/m0/s1. The van der Waals surface area contributed by atoms with Crippen molar-refractivity contribution in [1.29, 1.82) is 5.26 Å². The van der Waals surface area contributed by atoms with E-state index in [0.29, 0.717) is 27.9 Å². The first kappa shape index (κ1) is 20.8. The highest BCUT2D eigenvalue weighted by molar-refractivity contribution is 5.88. The van der Waals surface area contributed by atoms with Crippen molar-refractivity contribution >= 4 is 16.9 Å². The van der Waals surface area contributed by atoms with Crippen LogP contribution in [0.2, 0.25) is 0 Å². The summed E-state index contributed by atoms with van der Waals surface area (Å²) in [6.45, 7) is 0. The van der Waals surface area contributed by atoms with E-state index in [1.165, 1.54) is 30.9 Å². The fourth-order valence-corrected chi connectivity index (χ4v) is 3.97. The van der Waals surface area contributed by atoms with E-state index in [0.717, 1.165) is 25.7 Å². The smallest absolute Gasteiger partial charge is 0.237 e. The van der Waals surface area contributed by atoms with Gasteiger partial charge in [0.05, 0.1) is 17.0 Å². The number of hydrogen-bond acceptors (Lipinski definition) is 5. The van der Waals surface area contributed by atoms with E-state index in [-0.39, 0.29) is 24.1 Å². The summed E-state index contributed by atoms with van der Waals surface area (Å²) in [5.74, 6) is -0.431. The monoisotopic (exact) mass is 421 g/mol. The van der Waals surface area contributed by atoms with Crippen LogP contribution in [0.25, 0.3) is 11.0 Å². The van der Waals surface area contributed by atoms with Gasteiger partial charge < -0.3 is 20.8 Å². The molecular weight excluding hydrogens is 397 g/mol. The Morgan fingerprint density at radius 3 is 2.87 bits per heavy atom. The lowest BCUT2D eigenvalue weighted by atomic mass is 9.95. The third-order valence-corrected chi connectivity index (χ3v) is 5.62. The number of aromatic amines is 1. The average Bonchev–Trinajstić information content (AvgIpc) is 3.20. The molecule has 1 atom stereocenters. The van der Waals surface area contributed by atoms with Crippen LogP contribution in [0.3, 0.4) is 0 Å². The van der Waals surface area contributed by atoms with Gasteiger partial charge in [-0.15, -0.1) is 0 Å². The summed E-state index contributed by atoms with van der Waals surface area (Å²) in [6.07, 6.45) is 8.69. The van der Waals surface area contributed by atoms with Crippen molar-refractivity contribution in [3.05, 3.63) is 53.6 Å². The predicted octanol–water partition coefficient (Wildman–Crippen LogP) is 3.68. The highest BCUT2D eigenvalue weighted by Gasteiger charge is 2.21. The number of nitriles is 1. The molecular formula is C23H24FN5O2. The van der Waals surface area contributed by atoms with E-state index in [1.807, 2.05) is 0 Å². The van der Waals surface area contributed by atoms with Gasteiger partial charge in [0, 0.05) is 18.4 Å².